The number of anilines is 2. The molecule has 94 valence electrons. The summed E-state index contributed by atoms with van der Waals surface area (Å²) >= 11 is 0. The van der Waals surface area contributed by atoms with Gasteiger partial charge in [0.25, 0.3) is 0 Å². The van der Waals surface area contributed by atoms with E-state index < -0.39 is 5.60 Å². The van der Waals surface area contributed by atoms with Gasteiger partial charge >= 0.3 is 0 Å². The molecular weight excluding hydrogens is 222 g/mol. The zero-order valence-electron chi connectivity index (χ0n) is 9.73. The molecule has 7 heteroatoms. The van der Waals surface area contributed by atoms with Crippen molar-refractivity contribution in [2.45, 2.75) is 18.9 Å². The summed E-state index contributed by atoms with van der Waals surface area (Å²) in [4.78, 5) is 8.21. The van der Waals surface area contributed by atoms with Crippen LogP contribution in [0.1, 0.15) is 12.1 Å². The van der Waals surface area contributed by atoms with Gasteiger partial charge in [-0.05, 0) is 6.92 Å². The molecule has 5 N–H and O–H groups in total. The van der Waals surface area contributed by atoms with E-state index in [1.54, 1.807) is 6.07 Å². The normalized spacial score (nSPS) is 23.7. The molecule has 0 saturated carbocycles. The number of nitrogens with one attached hydrogen (secondary N) is 2. The quantitative estimate of drug-likeness (QED) is 0.420. The average Bonchev–Trinajstić information content (AvgIpc) is 2.73. The topological polar surface area (TPSA) is 105 Å². The predicted octanol–water partition coefficient (Wildman–Crippen LogP) is -0.366. The van der Waals surface area contributed by atoms with Crippen molar-refractivity contribution in [3.8, 4) is 0 Å². The van der Waals surface area contributed by atoms with Crippen LogP contribution < -0.4 is 16.6 Å². The number of aliphatic hydroxyl groups is 1. The number of hydrazine groups is 1. The molecule has 1 aromatic heterocycles. The lowest BCUT2D eigenvalue weighted by atomic mass is 10.0. The highest BCUT2D eigenvalue weighted by molar-refractivity contribution is 5.41. The second kappa shape index (κ2) is 4.82. The fourth-order valence-electron chi connectivity index (χ4n) is 1.71. The van der Waals surface area contributed by atoms with Gasteiger partial charge in [0.2, 0.25) is 5.95 Å². The molecule has 1 saturated heterocycles. The molecular formula is C10H17N5O2. The first-order valence-corrected chi connectivity index (χ1v) is 5.48. The number of aryl methyl sites for hydroxylation is 1. The number of rotatable bonds is 4. The number of ether oxygens (including phenoxy) is 1. The highest BCUT2D eigenvalue weighted by Gasteiger charge is 2.31. The number of hydrogen-bond donors (Lipinski definition) is 4. The van der Waals surface area contributed by atoms with Gasteiger partial charge < -0.3 is 15.2 Å². The molecule has 0 spiro atoms. The lowest BCUT2D eigenvalue weighted by Gasteiger charge is -2.21. The van der Waals surface area contributed by atoms with Crippen molar-refractivity contribution in [1.29, 1.82) is 0 Å². The molecule has 1 unspecified atom stereocenters. The molecule has 0 aromatic carbocycles. The van der Waals surface area contributed by atoms with E-state index in [1.165, 1.54) is 0 Å². The number of nitrogens with two attached hydrogens (primary N) is 1. The van der Waals surface area contributed by atoms with Crippen LogP contribution in [-0.4, -0.2) is 40.4 Å². The van der Waals surface area contributed by atoms with Crippen molar-refractivity contribution < 1.29 is 9.84 Å². The highest BCUT2D eigenvalue weighted by atomic mass is 16.5. The zero-order chi connectivity index (χ0) is 12.3. The minimum Gasteiger partial charge on any atom is -0.386 e. The van der Waals surface area contributed by atoms with Crippen LogP contribution in [0.4, 0.5) is 11.8 Å². The molecule has 0 radical (unpaired) electrons. The van der Waals surface area contributed by atoms with Gasteiger partial charge in [-0.2, -0.15) is 4.98 Å². The molecule has 1 fully saturated rings. The fourth-order valence-corrected chi connectivity index (χ4v) is 1.71. The Balaban J connectivity index is 2.00. The number of aromatic nitrogens is 2. The van der Waals surface area contributed by atoms with Crippen molar-refractivity contribution in [2.75, 3.05) is 30.5 Å². The van der Waals surface area contributed by atoms with E-state index in [4.69, 9.17) is 10.6 Å². The van der Waals surface area contributed by atoms with Crippen LogP contribution >= 0.6 is 0 Å². The van der Waals surface area contributed by atoms with E-state index in [0.29, 0.717) is 37.9 Å². The first-order valence-electron chi connectivity index (χ1n) is 5.48. The Morgan fingerprint density at radius 3 is 3.06 bits per heavy atom. The molecule has 0 amide bonds. The maximum absolute atomic E-state index is 10.1. The van der Waals surface area contributed by atoms with Gasteiger partial charge in [0.15, 0.2) is 0 Å². The summed E-state index contributed by atoms with van der Waals surface area (Å²) in [5.74, 6) is 6.24. The second-order valence-electron chi connectivity index (χ2n) is 4.24. The third kappa shape index (κ3) is 3.02. The molecule has 1 aliphatic rings. The molecule has 7 nitrogen and oxygen atoms in total. The summed E-state index contributed by atoms with van der Waals surface area (Å²) < 4.78 is 5.16. The lowest BCUT2D eigenvalue weighted by Crippen LogP contribution is -2.37. The van der Waals surface area contributed by atoms with Crippen LogP contribution in [0.5, 0.6) is 0 Å². The Bertz CT molecular complexity index is 392. The lowest BCUT2D eigenvalue weighted by molar-refractivity contribution is 0.0381. The molecule has 2 heterocycles. The predicted molar refractivity (Wildman–Crippen MR) is 63.5 cm³/mol. The zero-order valence-corrected chi connectivity index (χ0v) is 9.73. The fraction of sp³-hybridized carbons (Fsp3) is 0.600. The van der Waals surface area contributed by atoms with Gasteiger partial charge in [-0.25, -0.2) is 10.8 Å². The van der Waals surface area contributed by atoms with E-state index in [-0.39, 0.29) is 0 Å². The van der Waals surface area contributed by atoms with Gasteiger partial charge in [0.05, 0.1) is 6.61 Å². The maximum atomic E-state index is 10.1. The first-order chi connectivity index (χ1) is 8.11. The van der Waals surface area contributed by atoms with Crippen molar-refractivity contribution >= 4 is 11.8 Å². The summed E-state index contributed by atoms with van der Waals surface area (Å²) in [6.07, 6.45) is 0.631. The van der Waals surface area contributed by atoms with Crippen LogP contribution in [0, 0.1) is 6.92 Å². The average molecular weight is 239 g/mol. The molecule has 0 bridgehead atoms. The SMILES string of the molecule is Cc1cc(NCC2(O)CCOC2)nc(NN)n1. The third-order valence-electron chi connectivity index (χ3n) is 2.66. The van der Waals surface area contributed by atoms with E-state index >= 15 is 0 Å². The van der Waals surface area contributed by atoms with Crippen LogP contribution in [0.25, 0.3) is 0 Å². The molecule has 0 aliphatic carbocycles. The largest absolute Gasteiger partial charge is 0.386 e. The van der Waals surface area contributed by atoms with Gasteiger partial charge in [-0.3, -0.25) is 5.43 Å². The number of nitrogen functional groups attached to an aromatic ring is 1. The Morgan fingerprint density at radius 2 is 2.41 bits per heavy atom. The van der Waals surface area contributed by atoms with Crippen LogP contribution in [0.15, 0.2) is 6.07 Å². The molecule has 1 aromatic rings. The Morgan fingerprint density at radius 1 is 1.59 bits per heavy atom. The van der Waals surface area contributed by atoms with Crippen molar-refractivity contribution in [2.24, 2.45) is 5.84 Å². The number of nitrogens with zero attached hydrogens (tertiary/aromatic N) is 2. The number of hydrogen-bond acceptors (Lipinski definition) is 7. The highest BCUT2D eigenvalue weighted by Crippen LogP contribution is 2.19. The van der Waals surface area contributed by atoms with Gasteiger partial charge in [0.1, 0.15) is 11.4 Å². The minimum atomic E-state index is -0.810. The van der Waals surface area contributed by atoms with Gasteiger partial charge in [0, 0.05) is 31.3 Å². The van der Waals surface area contributed by atoms with Crippen LogP contribution in [-0.2, 0) is 4.74 Å². The van der Waals surface area contributed by atoms with Gasteiger partial charge in [-0.15, -0.1) is 0 Å². The summed E-state index contributed by atoms with van der Waals surface area (Å²) in [5, 5.41) is 13.1. The summed E-state index contributed by atoms with van der Waals surface area (Å²) in [7, 11) is 0. The van der Waals surface area contributed by atoms with Crippen LogP contribution in [0.3, 0.4) is 0 Å². The second-order valence-corrected chi connectivity index (χ2v) is 4.24. The van der Waals surface area contributed by atoms with E-state index in [1.807, 2.05) is 6.92 Å². The molecule has 17 heavy (non-hydrogen) atoms. The molecule has 1 atom stereocenters. The summed E-state index contributed by atoms with van der Waals surface area (Å²) in [6, 6.07) is 1.79. The van der Waals surface area contributed by atoms with Gasteiger partial charge in [-0.1, -0.05) is 0 Å². The molecule has 2 rings (SSSR count). The van der Waals surface area contributed by atoms with Crippen molar-refractivity contribution in [3.05, 3.63) is 11.8 Å². The van der Waals surface area contributed by atoms with E-state index in [9.17, 15) is 5.11 Å². The summed E-state index contributed by atoms with van der Waals surface area (Å²) in [6.45, 7) is 3.19. The monoisotopic (exact) mass is 239 g/mol. The van der Waals surface area contributed by atoms with E-state index in [0.717, 1.165) is 5.69 Å². The standard InChI is InChI=1S/C10H17N5O2/c1-7-4-8(14-9(13-7)15-11)12-5-10(16)2-3-17-6-10/h4,16H,2-3,5-6,11H2,1H3,(H2,12,13,14,15). The Hall–Kier alpha value is -1.44. The maximum Gasteiger partial charge on any atom is 0.239 e. The van der Waals surface area contributed by atoms with Crippen molar-refractivity contribution in [3.63, 3.8) is 0 Å². The van der Waals surface area contributed by atoms with Crippen LogP contribution in [0.2, 0.25) is 0 Å². The van der Waals surface area contributed by atoms with Crippen molar-refractivity contribution in [1.82, 2.24) is 9.97 Å². The Kier molecular flexibility index (Phi) is 3.41. The molecule has 1 aliphatic heterocycles. The summed E-state index contributed by atoms with van der Waals surface area (Å²) in [5.41, 5.74) is 2.38. The minimum absolute atomic E-state index is 0.349. The third-order valence-corrected chi connectivity index (χ3v) is 2.66. The Labute approximate surface area is 99.4 Å². The van der Waals surface area contributed by atoms with E-state index in [2.05, 4.69) is 20.7 Å². The smallest absolute Gasteiger partial charge is 0.239 e. The first kappa shape index (κ1) is 12.0.